The number of hydrogen-bond donors (Lipinski definition) is 1. The summed E-state index contributed by atoms with van der Waals surface area (Å²) >= 11 is 0. The topological polar surface area (TPSA) is 70.4 Å². The molecule has 4 rings (SSSR count). The molecule has 168 valence electrons. The molecule has 0 fully saturated rings. The van der Waals surface area contributed by atoms with Crippen LogP contribution in [0.15, 0.2) is 43.0 Å². The first-order valence-electron chi connectivity index (χ1n) is 10.2. The van der Waals surface area contributed by atoms with Crippen LogP contribution >= 0.6 is 0 Å². The smallest absolute Gasteiger partial charge is 0.181 e. The highest BCUT2D eigenvalue weighted by Gasteiger charge is 2.22. The minimum Gasteiger partial charge on any atom is -0.396 e. The van der Waals surface area contributed by atoms with Gasteiger partial charge in [0.15, 0.2) is 23.3 Å². The summed E-state index contributed by atoms with van der Waals surface area (Å²) in [5, 5.41) is 0. The van der Waals surface area contributed by atoms with Crippen LogP contribution < -0.4 is 5.73 Å². The van der Waals surface area contributed by atoms with Crippen molar-refractivity contribution in [3.8, 4) is 22.8 Å². The zero-order chi connectivity index (χ0) is 23.0. The zero-order valence-corrected chi connectivity index (χ0v) is 19.1. The summed E-state index contributed by atoms with van der Waals surface area (Å²) in [4.78, 5) is 8.64. The summed E-state index contributed by atoms with van der Waals surface area (Å²) in [5.41, 5.74) is 4.61. The lowest BCUT2D eigenvalue weighted by molar-refractivity contribution is 0.0882. The Morgan fingerprint density at radius 2 is 1.78 bits per heavy atom. The molecule has 0 aliphatic rings. The van der Waals surface area contributed by atoms with E-state index in [4.69, 9.17) is 10.5 Å². The number of fused-ring (bicyclic) bond motifs is 1. The molecule has 0 aliphatic carbocycles. The second kappa shape index (κ2) is 8.44. The van der Waals surface area contributed by atoms with Crippen LogP contribution in [0.3, 0.4) is 0 Å². The van der Waals surface area contributed by atoms with Gasteiger partial charge in [-0.2, -0.15) is 0 Å². The highest BCUT2D eigenvalue weighted by molar-refractivity contribution is 6.76. The Morgan fingerprint density at radius 1 is 1.00 bits per heavy atom. The SMILES string of the molecule is C[Si](C)(C)CCOCn1ccnc1-c1ncc2c(F)c(-c3c(F)ccc(N)c3F)ccn12. The predicted octanol–water partition coefficient (Wildman–Crippen LogP) is 5.18. The van der Waals surface area contributed by atoms with E-state index in [9.17, 15) is 8.78 Å². The lowest BCUT2D eigenvalue weighted by atomic mass is 10.0. The first-order chi connectivity index (χ1) is 15.2. The summed E-state index contributed by atoms with van der Waals surface area (Å²) < 4.78 is 53.1. The number of rotatable bonds is 7. The van der Waals surface area contributed by atoms with Crippen molar-refractivity contribution in [2.75, 3.05) is 12.3 Å². The first kappa shape index (κ1) is 22.1. The normalized spacial score (nSPS) is 12.1. The van der Waals surface area contributed by atoms with Gasteiger partial charge in [0.2, 0.25) is 0 Å². The molecule has 3 heterocycles. The Hall–Kier alpha value is -3.11. The molecule has 2 N–H and O–H groups in total. The molecule has 0 radical (unpaired) electrons. The van der Waals surface area contributed by atoms with Crippen LogP contribution in [0.1, 0.15) is 0 Å². The van der Waals surface area contributed by atoms with Crippen LogP contribution in [0.4, 0.5) is 18.9 Å². The number of imidazole rings is 2. The van der Waals surface area contributed by atoms with Crippen LogP contribution in [0.25, 0.3) is 28.3 Å². The summed E-state index contributed by atoms with van der Waals surface area (Å²) in [6, 6.07) is 4.45. The maximum atomic E-state index is 15.3. The molecule has 32 heavy (non-hydrogen) atoms. The molecule has 0 saturated carbocycles. The maximum absolute atomic E-state index is 15.3. The summed E-state index contributed by atoms with van der Waals surface area (Å²) in [5.74, 6) is -1.83. The lowest BCUT2D eigenvalue weighted by Gasteiger charge is -2.16. The van der Waals surface area contributed by atoms with Crippen molar-refractivity contribution in [3.63, 3.8) is 0 Å². The van der Waals surface area contributed by atoms with Crippen LogP contribution in [0.2, 0.25) is 25.7 Å². The Kier molecular flexibility index (Phi) is 5.82. The third-order valence-electron chi connectivity index (χ3n) is 5.18. The number of nitrogens with zero attached hydrogens (tertiary/aromatic N) is 4. The monoisotopic (exact) mass is 459 g/mol. The number of hydrogen-bond acceptors (Lipinski definition) is 4. The molecule has 0 bridgehead atoms. The standard InChI is InChI=1S/C22H24F3N5OSi/c1-32(2,3)11-10-31-13-29-9-7-27-21(29)22-28-12-17-19(24)14(6-8-30(17)22)18-15(23)4-5-16(26)20(18)25/h4-9,12H,10-11,13,26H2,1-3H3. The van der Waals surface area contributed by atoms with Gasteiger partial charge < -0.3 is 15.0 Å². The van der Waals surface area contributed by atoms with Crippen molar-refractivity contribution >= 4 is 19.3 Å². The van der Waals surface area contributed by atoms with Gasteiger partial charge in [0.25, 0.3) is 0 Å². The molecule has 0 aliphatic heterocycles. The van der Waals surface area contributed by atoms with E-state index in [0.29, 0.717) is 18.3 Å². The van der Waals surface area contributed by atoms with Crippen LogP contribution in [-0.2, 0) is 11.5 Å². The summed E-state index contributed by atoms with van der Waals surface area (Å²) in [6.07, 6.45) is 6.18. The van der Waals surface area contributed by atoms with Crippen molar-refractivity contribution < 1.29 is 17.9 Å². The number of nitrogens with two attached hydrogens (primary N) is 1. The predicted molar refractivity (Wildman–Crippen MR) is 120 cm³/mol. The van der Waals surface area contributed by atoms with Crippen LogP contribution in [-0.4, -0.2) is 33.6 Å². The molecular formula is C22H24F3N5OSi. The number of ether oxygens (including phenoxy) is 1. The molecule has 1 aromatic carbocycles. The zero-order valence-electron chi connectivity index (χ0n) is 18.1. The molecule has 0 amide bonds. The average Bonchev–Trinajstić information content (AvgIpc) is 3.36. The first-order valence-corrected chi connectivity index (χ1v) is 13.9. The second-order valence-corrected chi connectivity index (χ2v) is 14.4. The summed E-state index contributed by atoms with van der Waals surface area (Å²) in [7, 11) is -1.20. The van der Waals surface area contributed by atoms with Crippen molar-refractivity contribution in [3.05, 3.63) is 60.4 Å². The van der Waals surface area contributed by atoms with E-state index >= 15 is 4.39 Å². The number of aromatic nitrogens is 4. The van der Waals surface area contributed by atoms with Gasteiger partial charge in [0.1, 0.15) is 18.1 Å². The van der Waals surface area contributed by atoms with Gasteiger partial charge in [-0.3, -0.25) is 4.40 Å². The number of anilines is 1. The Labute approximate surface area is 184 Å². The van der Waals surface area contributed by atoms with Gasteiger partial charge in [-0.25, -0.2) is 23.1 Å². The minimum atomic E-state index is -1.20. The number of pyridine rings is 1. The quantitative estimate of drug-likeness (QED) is 0.235. The Morgan fingerprint density at radius 3 is 2.53 bits per heavy atom. The van der Waals surface area contributed by atoms with Crippen molar-refractivity contribution in [1.82, 2.24) is 18.9 Å². The number of halogens is 3. The fourth-order valence-electron chi connectivity index (χ4n) is 3.37. The molecular weight excluding hydrogens is 435 g/mol. The van der Waals surface area contributed by atoms with Gasteiger partial charge in [0.05, 0.1) is 17.4 Å². The van der Waals surface area contributed by atoms with E-state index in [-0.39, 0.29) is 23.5 Å². The summed E-state index contributed by atoms with van der Waals surface area (Å²) in [6.45, 7) is 7.76. The van der Waals surface area contributed by atoms with Crippen molar-refractivity contribution in [2.24, 2.45) is 0 Å². The van der Waals surface area contributed by atoms with Gasteiger partial charge in [0, 0.05) is 38.8 Å². The fourth-order valence-corrected chi connectivity index (χ4v) is 4.13. The van der Waals surface area contributed by atoms with Crippen molar-refractivity contribution in [1.29, 1.82) is 0 Å². The Balaban J connectivity index is 1.68. The van der Waals surface area contributed by atoms with E-state index in [0.717, 1.165) is 18.2 Å². The molecule has 6 nitrogen and oxygen atoms in total. The Bertz CT molecular complexity index is 1280. The minimum absolute atomic E-state index is 0.0629. The molecule has 4 aromatic rings. The highest BCUT2D eigenvalue weighted by Crippen LogP contribution is 2.33. The van der Waals surface area contributed by atoms with E-state index in [1.807, 2.05) is 0 Å². The van der Waals surface area contributed by atoms with Crippen molar-refractivity contribution in [2.45, 2.75) is 32.4 Å². The third kappa shape index (κ3) is 4.15. The van der Waals surface area contributed by atoms with Gasteiger partial charge >= 0.3 is 0 Å². The molecule has 10 heteroatoms. The average molecular weight is 460 g/mol. The van der Waals surface area contributed by atoms with Crippen LogP contribution in [0, 0.1) is 17.5 Å². The van der Waals surface area contributed by atoms with E-state index in [2.05, 4.69) is 29.6 Å². The van der Waals surface area contributed by atoms with Gasteiger partial charge in [-0.15, -0.1) is 0 Å². The van der Waals surface area contributed by atoms with E-state index in [1.165, 1.54) is 22.9 Å². The molecule has 0 unspecified atom stereocenters. The maximum Gasteiger partial charge on any atom is 0.181 e. The fraction of sp³-hybridized carbons (Fsp3) is 0.273. The third-order valence-corrected chi connectivity index (χ3v) is 6.89. The largest absolute Gasteiger partial charge is 0.396 e. The van der Waals surface area contributed by atoms with Gasteiger partial charge in [-0.1, -0.05) is 19.6 Å². The highest BCUT2D eigenvalue weighted by atomic mass is 28.3. The molecule has 0 saturated heterocycles. The molecule has 3 aromatic heterocycles. The number of benzene rings is 1. The van der Waals surface area contributed by atoms with Gasteiger partial charge in [-0.05, 0) is 24.2 Å². The molecule has 0 spiro atoms. The van der Waals surface area contributed by atoms with E-state index in [1.54, 1.807) is 17.0 Å². The lowest BCUT2D eigenvalue weighted by Crippen LogP contribution is -2.22. The van der Waals surface area contributed by atoms with E-state index < -0.39 is 31.1 Å². The van der Waals surface area contributed by atoms with Crippen LogP contribution in [0.5, 0.6) is 0 Å². The molecule has 0 atom stereocenters. The number of nitrogen functional groups attached to an aromatic ring is 1. The second-order valence-electron chi connectivity index (χ2n) is 8.77.